The summed E-state index contributed by atoms with van der Waals surface area (Å²) in [6, 6.07) is -0.259. The third-order valence-electron chi connectivity index (χ3n) is 3.52. The summed E-state index contributed by atoms with van der Waals surface area (Å²) in [7, 11) is 0. The molecule has 0 saturated carbocycles. The number of hydrogen-bond donors (Lipinski definition) is 0. The number of carbonyl (C=O) groups is 1. The molecular weight excluding hydrogens is 433 g/mol. The minimum absolute atomic E-state index is 0.0314. The van der Waals surface area contributed by atoms with Gasteiger partial charge >= 0.3 is 18.3 Å². The van der Waals surface area contributed by atoms with Crippen LogP contribution >= 0.6 is 0 Å². The average Bonchev–Trinajstić information content (AvgIpc) is 2.62. The summed E-state index contributed by atoms with van der Waals surface area (Å²) in [5.41, 5.74) is -6.91. The van der Waals surface area contributed by atoms with Crippen LogP contribution < -0.4 is 0 Å². The Hall–Kier alpha value is -2.86. The molecule has 0 atom stereocenters. The Morgan fingerprint density at radius 3 is 1.69 bits per heavy atom. The third-order valence-corrected chi connectivity index (χ3v) is 3.52. The highest BCUT2D eigenvalue weighted by Gasteiger charge is 2.39. The normalized spacial score (nSPS) is 12.2. The summed E-state index contributed by atoms with van der Waals surface area (Å²) in [5.74, 6) is -14.3. The van der Waals surface area contributed by atoms with E-state index in [9.17, 15) is 53.1 Å². The topological polar surface area (TPSA) is 26.3 Å². The molecule has 0 N–H and O–H groups in total. The molecule has 0 aliphatic rings. The molecule has 0 amide bonds. The van der Waals surface area contributed by atoms with Crippen LogP contribution in [0.1, 0.15) is 27.0 Å². The smallest absolute Gasteiger partial charge is 0.417 e. The molecule has 0 unspecified atom stereocenters. The number of benzene rings is 2. The van der Waals surface area contributed by atoms with E-state index in [1.807, 2.05) is 0 Å². The largest absolute Gasteiger partial charge is 0.457 e. The summed E-state index contributed by atoms with van der Waals surface area (Å²) in [4.78, 5) is 11.8. The minimum Gasteiger partial charge on any atom is -0.457 e. The maximum absolute atomic E-state index is 13.5. The number of carbonyl (C=O) groups excluding carboxylic acids is 1. The molecule has 0 spiro atoms. The molecule has 0 aromatic heterocycles. The average molecular weight is 438 g/mol. The lowest BCUT2D eigenvalue weighted by atomic mass is 10.0. The molecular formula is C16H5F11O2. The number of ether oxygens (including phenoxy) is 1. The Labute approximate surface area is 153 Å². The van der Waals surface area contributed by atoms with Crippen molar-refractivity contribution < 1.29 is 57.8 Å². The summed E-state index contributed by atoms with van der Waals surface area (Å²) in [6.45, 7) is -1.74. The highest BCUT2D eigenvalue weighted by molar-refractivity contribution is 5.91. The zero-order valence-corrected chi connectivity index (χ0v) is 13.4. The first-order valence-electron chi connectivity index (χ1n) is 7.12. The second-order valence-electron chi connectivity index (χ2n) is 5.38. The summed E-state index contributed by atoms with van der Waals surface area (Å²) >= 11 is 0. The Morgan fingerprint density at radius 2 is 1.24 bits per heavy atom. The van der Waals surface area contributed by atoms with Gasteiger partial charge in [-0.05, 0) is 18.2 Å². The van der Waals surface area contributed by atoms with Crippen molar-refractivity contribution in [2.75, 3.05) is 0 Å². The minimum atomic E-state index is -5.32. The van der Waals surface area contributed by atoms with E-state index in [2.05, 4.69) is 4.74 Å². The van der Waals surface area contributed by atoms with Gasteiger partial charge in [0.05, 0.1) is 22.3 Å². The van der Waals surface area contributed by atoms with E-state index < -0.39 is 76.3 Å². The van der Waals surface area contributed by atoms with E-state index in [0.717, 1.165) is 0 Å². The van der Waals surface area contributed by atoms with Crippen LogP contribution in [0.15, 0.2) is 18.2 Å². The van der Waals surface area contributed by atoms with Gasteiger partial charge in [0.2, 0.25) is 5.82 Å². The van der Waals surface area contributed by atoms with Gasteiger partial charge in [-0.2, -0.15) is 26.3 Å². The van der Waals surface area contributed by atoms with Crippen LogP contribution in [0.4, 0.5) is 48.3 Å². The molecule has 0 aliphatic heterocycles. The molecule has 0 radical (unpaired) electrons. The summed E-state index contributed by atoms with van der Waals surface area (Å²) < 4.78 is 147. The Kier molecular flexibility index (Phi) is 5.82. The van der Waals surface area contributed by atoms with Crippen LogP contribution in [0.5, 0.6) is 0 Å². The zero-order chi connectivity index (χ0) is 22.3. The SMILES string of the molecule is O=C(OCc1c(F)c(F)c(F)c(F)c1F)c1cc(C(F)(F)F)ccc1C(F)(F)F. The highest BCUT2D eigenvalue weighted by Crippen LogP contribution is 2.37. The molecule has 13 heteroatoms. The van der Waals surface area contributed by atoms with Crippen molar-refractivity contribution in [1.82, 2.24) is 0 Å². The first-order chi connectivity index (χ1) is 13.2. The van der Waals surface area contributed by atoms with Crippen molar-refractivity contribution >= 4 is 5.97 Å². The quantitative estimate of drug-likeness (QED) is 0.263. The van der Waals surface area contributed by atoms with Gasteiger partial charge in [-0.15, -0.1) is 0 Å². The predicted molar refractivity (Wildman–Crippen MR) is 71.8 cm³/mol. The number of alkyl halides is 6. The van der Waals surface area contributed by atoms with Crippen LogP contribution in [-0.2, 0) is 23.7 Å². The fourth-order valence-electron chi connectivity index (χ4n) is 2.13. The molecule has 2 aromatic carbocycles. The van der Waals surface area contributed by atoms with Gasteiger partial charge in [-0.1, -0.05) is 0 Å². The van der Waals surface area contributed by atoms with E-state index in [1.165, 1.54) is 0 Å². The van der Waals surface area contributed by atoms with E-state index in [1.54, 1.807) is 0 Å². The maximum atomic E-state index is 13.5. The fourth-order valence-corrected chi connectivity index (χ4v) is 2.13. The standard InChI is InChI=1S/C16H5F11O2/c17-9-7(10(18)12(20)13(21)11(9)19)4-29-14(28)6-3-5(15(22,23)24)1-2-8(6)16(25,26)27/h1-3H,4H2. The Morgan fingerprint density at radius 1 is 0.759 bits per heavy atom. The fraction of sp³-hybridized carbons (Fsp3) is 0.188. The molecule has 0 bridgehead atoms. The van der Waals surface area contributed by atoms with Gasteiger partial charge in [0, 0.05) is 0 Å². The second kappa shape index (κ2) is 7.52. The molecule has 29 heavy (non-hydrogen) atoms. The van der Waals surface area contributed by atoms with Crippen LogP contribution in [0.25, 0.3) is 0 Å². The van der Waals surface area contributed by atoms with Crippen molar-refractivity contribution in [3.05, 3.63) is 69.5 Å². The van der Waals surface area contributed by atoms with E-state index in [0.29, 0.717) is 0 Å². The predicted octanol–water partition coefficient (Wildman–Crippen LogP) is 5.78. The molecule has 0 aliphatic carbocycles. The lowest BCUT2D eigenvalue weighted by molar-refractivity contribution is -0.141. The van der Waals surface area contributed by atoms with Gasteiger partial charge < -0.3 is 4.74 Å². The number of hydrogen-bond acceptors (Lipinski definition) is 2. The number of rotatable bonds is 3. The summed E-state index contributed by atoms with van der Waals surface area (Å²) in [5, 5.41) is 0. The zero-order valence-electron chi connectivity index (χ0n) is 13.4. The molecule has 0 saturated heterocycles. The third kappa shape index (κ3) is 4.43. The molecule has 2 aromatic rings. The lowest BCUT2D eigenvalue weighted by Crippen LogP contribution is -2.18. The second-order valence-corrected chi connectivity index (χ2v) is 5.38. The van der Waals surface area contributed by atoms with Gasteiger partial charge in [0.1, 0.15) is 6.61 Å². The Bertz CT molecular complexity index is 932. The first-order valence-corrected chi connectivity index (χ1v) is 7.12. The Balaban J connectivity index is 2.44. The molecule has 158 valence electrons. The molecule has 0 fully saturated rings. The van der Waals surface area contributed by atoms with Crippen molar-refractivity contribution in [1.29, 1.82) is 0 Å². The van der Waals surface area contributed by atoms with Crippen LogP contribution in [-0.4, -0.2) is 5.97 Å². The molecule has 2 rings (SSSR count). The van der Waals surface area contributed by atoms with Gasteiger partial charge in [-0.25, -0.2) is 26.7 Å². The van der Waals surface area contributed by atoms with Gasteiger partial charge in [0.25, 0.3) is 0 Å². The van der Waals surface area contributed by atoms with E-state index >= 15 is 0 Å². The summed E-state index contributed by atoms with van der Waals surface area (Å²) in [6.07, 6.45) is -10.5. The van der Waals surface area contributed by atoms with Crippen LogP contribution in [0.2, 0.25) is 0 Å². The highest BCUT2D eigenvalue weighted by atomic mass is 19.4. The van der Waals surface area contributed by atoms with Crippen LogP contribution in [0.3, 0.4) is 0 Å². The monoisotopic (exact) mass is 438 g/mol. The van der Waals surface area contributed by atoms with Crippen molar-refractivity contribution in [3.63, 3.8) is 0 Å². The molecule has 0 heterocycles. The number of halogens is 11. The lowest BCUT2D eigenvalue weighted by Gasteiger charge is -2.15. The van der Waals surface area contributed by atoms with E-state index in [-0.39, 0.29) is 18.2 Å². The number of esters is 1. The maximum Gasteiger partial charge on any atom is 0.417 e. The van der Waals surface area contributed by atoms with Crippen LogP contribution in [0, 0.1) is 29.1 Å². The van der Waals surface area contributed by atoms with Crippen molar-refractivity contribution in [2.45, 2.75) is 19.0 Å². The van der Waals surface area contributed by atoms with Crippen molar-refractivity contribution in [3.8, 4) is 0 Å². The van der Waals surface area contributed by atoms with Gasteiger partial charge in [0.15, 0.2) is 23.3 Å². The van der Waals surface area contributed by atoms with Crippen molar-refractivity contribution in [2.24, 2.45) is 0 Å². The first kappa shape index (κ1) is 22.4. The van der Waals surface area contributed by atoms with Gasteiger partial charge in [-0.3, -0.25) is 0 Å². The molecule has 2 nitrogen and oxygen atoms in total. The van der Waals surface area contributed by atoms with E-state index in [4.69, 9.17) is 0 Å².